The molecule has 0 aliphatic heterocycles. The summed E-state index contributed by atoms with van der Waals surface area (Å²) < 4.78 is 0. The smallest absolute Gasteiger partial charge is 0.135 e. The topological polar surface area (TPSA) is 37.3 Å². The van der Waals surface area contributed by atoms with Gasteiger partial charge in [0.25, 0.3) is 0 Å². The number of aliphatic hydroxyl groups is 1. The second kappa shape index (κ2) is 5.69. The van der Waals surface area contributed by atoms with E-state index in [1.165, 1.54) is 0 Å². The van der Waals surface area contributed by atoms with E-state index in [-0.39, 0.29) is 18.1 Å². The molecule has 0 unspecified atom stereocenters. The molecular formula is C7H13ClO2. The van der Waals surface area contributed by atoms with E-state index in [1.54, 1.807) is 0 Å². The van der Waals surface area contributed by atoms with Gasteiger partial charge in [-0.15, -0.1) is 11.6 Å². The minimum absolute atomic E-state index is 0.0932. The van der Waals surface area contributed by atoms with Crippen molar-refractivity contribution in [3.63, 3.8) is 0 Å². The van der Waals surface area contributed by atoms with Gasteiger partial charge in [0.15, 0.2) is 0 Å². The van der Waals surface area contributed by atoms with Crippen molar-refractivity contribution in [1.29, 1.82) is 0 Å². The van der Waals surface area contributed by atoms with E-state index in [2.05, 4.69) is 0 Å². The van der Waals surface area contributed by atoms with Gasteiger partial charge in [0.05, 0.1) is 6.10 Å². The van der Waals surface area contributed by atoms with E-state index in [9.17, 15) is 4.79 Å². The lowest BCUT2D eigenvalue weighted by Gasteiger charge is -2.03. The molecular weight excluding hydrogens is 152 g/mol. The second-order valence-electron chi connectivity index (χ2n) is 2.30. The molecule has 0 spiro atoms. The molecule has 0 fully saturated rings. The summed E-state index contributed by atoms with van der Waals surface area (Å²) in [7, 11) is 0. The summed E-state index contributed by atoms with van der Waals surface area (Å²) in [4.78, 5) is 10.8. The van der Waals surface area contributed by atoms with Gasteiger partial charge in [-0.1, -0.05) is 6.92 Å². The van der Waals surface area contributed by atoms with E-state index >= 15 is 0 Å². The monoisotopic (exact) mass is 164 g/mol. The third-order valence-electron chi connectivity index (χ3n) is 1.17. The molecule has 0 aliphatic rings. The fourth-order valence-electron chi connectivity index (χ4n) is 0.698. The highest BCUT2D eigenvalue weighted by atomic mass is 35.5. The predicted molar refractivity (Wildman–Crippen MR) is 41.3 cm³/mol. The van der Waals surface area contributed by atoms with Crippen molar-refractivity contribution in [1.82, 2.24) is 0 Å². The second-order valence-corrected chi connectivity index (χ2v) is 2.61. The molecule has 0 heterocycles. The van der Waals surface area contributed by atoms with Crippen LogP contribution in [0.15, 0.2) is 0 Å². The van der Waals surface area contributed by atoms with Crippen molar-refractivity contribution in [2.24, 2.45) is 0 Å². The van der Waals surface area contributed by atoms with Crippen LogP contribution in [0.3, 0.4) is 0 Å². The van der Waals surface area contributed by atoms with Gasteiger partial charge in [0.1, 0.15) is 5.78 Å². The van der Waals surface area contributed by atoms with Crippen LogP contribution in [0.25, 0.3) is 0 Å². The molecule has 0 saturated carbocycles. The molecule has 0 aromatic rings. The van der Waals surface area contributed by atoms with Crippen molar-refractivity contribution in [2.75, 3.05) is 5.88 Å². The molecule has 60 valence electrons. The molecule has 0 bridgehead atoms. The van der Waals surface area contributed by atoms with E-state index in [0.717, 1.165) is 6.42 Å². The molecule has 10 heavy (non-hydrogen) atoms. The average molecular weight is 165 g/mol. The van der Waals surface area contributed by atoms with Crippen LogP contribution in [0.5, 0.6) is 0 Å². The molecule has 1 N–H and O–H groups in total. The van der Waals surface area contributed by atoms with Crippen LogP contribution in [0.2, 0.25) is 0 Å². The number of carbonyl (C=O) groups is 1. The Morgan fingerprint density at radius 3 is 2.70 bits per heavy atom. The normalized spacial score (nSPS) is 13.1. The fourth-order valence-corrected chi connectivity index (χ4v) is 0.807. The largest absolute Gasteiger partial charge is 0.391 e. The first-order valence-electron chi connectivity index (χ1n) is 3.46. The van der Waals surface area contributed by atoms with Gasteiger partial charge in [-0.25, -0.2) is 0 Å². The number of hydrogen-bond donors (Lipinski definition) is 1. The van der Waals surface area contributed by atoms with Gasteiger partial charge in [-0.05, 0) is 6.42 Å². The maximum Gasteiger partial charge on any atom is 0.135 e. The van der Waals surface area contributed by atoms with Gasteiger partial charge < -0.3 is 5.11 Å². The fraction of sp³-hybridized carbons (Fsp3) is 0.857. The number of carbonyl (C=O) groups excluding carboxylic acids is 1. The lowest BCUT2D eigenvalue weighted by Crippen LogP contribution is -2.14. The molecule has 0 amide bonds. The van der Waals surface area contributed by atoms with Crippen molar-refractivity contribution in [3.8, 4) is 0 Å². The van der Waals surface area contributed by atoms with Crippen LogP contribution in [-0.2, 0) is 4.79 Å². The Bertz CT molecular complexity index is 104. The molecule has 0 radical (unpaired) electrons. The standard InChI is InChI=1S/C7H13ClO2/c1-2-3-6(9)4-7(10)5-8/h7,10H,2-5H2,1H3/t7-/m0/s1. The highest BCUT2D eigenvalue weighted by Gasteiger charge is 2.07. The van der Waals surface area contributed by atoms with E-state index in [0.29, 0.717) is 6.42 Å². The van der Waals surface area contributed by atoms with Gasteiger partial charge in [0.2, 0.25) is 0 Å². The van der Waals surface area contributed by atoms with Crippen LogP contribution in [0.4, 0.5) is 0 Å². The highest BCUT2D eigenvalue weighted by molar-refractivity contribution is 6.18. The number of alkyl halides is 1. The van der Waals surface area contributed by atoms with Gasteiger partial charge in [0, 0.05) is 18.7 Å². The van der Waals surface area contributed by atoms with E-state index < -0.39 is 6.10 Å². The number of ketones is 1. The van der Waals surface area contributed by atoms with Crippen molar-refractivity contribution < 1.29 is 9.90 Å². The van der Waals surface area contributed by atoms with E-state index in [1.807, 2.05) is 6.92 Å². The first-order chi connectivity index (χ1) is 4.70. The van der Waals surface area contributed by atoms with E-state index in [4.69, 9.17) is 16.7 Å². The number of rotatable bonds is 5. The summed E-state index contributed by atoms with van der Waals surface area (Å²) in [6.07, 6.45) is 0.944. The Balaban J connectivity index is 3.37. The van der Waals surface area contributed by atoms with Crippen LogP contribution in [0, 0.1) is 0 Å². The minimum Gasteiger partial charge on any atom is -0.391 e. The SMILES string of the molecule is CCCC(=O)C[C@H](O)CCl. The Kier molecular flexibility index (Phi) is 5.64. The number of Topliss-reactive ketones (excluding diaryl/α,β-unsaturated/α-hetero) is 1. The first kappa shape index (κ1) is 9.92. The van der Waals surface area contributed by atoms with Gasteiger partial charge in [-0.3, -0.25) is 4.79 Å². The highest BCUT2D eigenvalue weighted by Crippen LogP contribution is 2.00. The lowest BCUT2D eigenvalue weighted by atomic mass is 10.1. The Morgan fingerprint density at radius 2 is 2.30 bits per heavy atom. The van der Waals surface area contributed by atoms with Crippen molar-refractivity contribution in [3.05, 3.63) is 0 Å². The molecule has 2 nitrogen and oxygen atoms in total. The molecule has 0 aromatic heterocycles. The van der Waals surface area contributed by atoms with Crippen molar-refractivity contribution >= 4 is 17.4 Å². The third-order valence-corrected chi connectivity index (χ3v) is 1.53. The first-order valence-corrected chi connectivity index (χ1v) is 3.99. The van der Waals surface area contributed by atoms with Gasteiger partial charge >= 0.3 is 0 Å². The maximum absolute atomic E-state index is 10.8. The molecule has 1 atom stereocenters. The minimum atomic E-state index is -0.652. The number of aliphatic hydroxyl groups excluding tert-OH is 1. The molecule has 0 saturated heterocycles. The molecule has 0 aromatic carbocycles. The quantitative estimate of drug-likeness (QED) is 0.623. The van der Waals surface area contributed by atoms with Gasteiger partial charge in [-0.2, -0.15) is 0 Å². The molecule has 3 heteroatoms. The maximum atomic E-state index is 10.8. The summed E-state index contributed by atoms with van der Waals surface area (Å²) >= 11 is 5.29. The number of halogens is 1. The zero-order chi connectivity index (χ0) is 7.98. The predicted octanol–water partition coefficient (Wildman–Crippen LogP) is 1.35. The third kappa shape index (κ3) is 4.77. The number of hydrogen-bond acceptors (Lipinski definition) is 2. The summed E-state index contributed by atoms with van der Waals surface area (Å²) in [6, 6.07) is 0. The summed E-state index contributed by atoms with van der Waals surface area (Å²) in [6.45, 7) is 1.94. The summed E-state index contributed by atoms with van der Waals surface area (Å²) in [5.74, 6) is 0.241. The summed E-state index contributed by atoms with van der Waals surface area (Å²) in [5.41, 5.74) is 0. The molecule has 0 aliphatic carbocycles. The average Bonchev–Trinajstić information content (AvgIpc) is 1.88. The zero-order valence-corrected chi connectivity index (χ0v) is 6.90. The van der Waals surface area contributed by atoms with Crippen molar-refractivity contribution in [2.45, 2.75) is 32.3 Å². The zero-order valence-electron chi connectivity index (χ0n) is 6.14. The van der Waals surface area contributed by atoms with Crippen LogP contribution < -0.4 is 0 Å². The Hall–Kier alpha value is -0.0800. The molecule has 0 rings (SSSR count). The van der Waals surface area contributed by atoms with Crippen LogP contribution >= 0.6 is 11.6 Å². The Labute approximate surface area is 66.2 Å². The lowest BCUT2D eigenvalue weighted by molar-refractivity contribution is -0.120. The van der Waals surface area contributed by atoms with Crippen LogP contribution in [-0.4, -0.2) is 22.9 Å². The Morgan fingerprint density at radius 1 is 1.70 bits per heavy atom. The van der Waals surface area contributed by atoms with Crippen LogP contribution in [0.1, 0.15) is 26.2 Å². The summed E-state index contributed by atoms with van der Waals surface area (Å²) in [5, 5.41) is 8.90.